The highest BCUT2D eigenvalue weighted by Gasteiger charge is 2.01. The van der Waals surface area contributed by atoms with Crippen molar-refractivity contribution in [3.05, 3.63) is 24.5 Å². The van der Waals surface area contributed by atoms with Gasteiger partial charge in [0.1, 0.15) is 6.26 Å². The number of rotatable bonds is 0. The van der Waals surface area contributed by atoms with Crippen LogP contribution in [0.2, 0.25) is 0 Å². The van der Waals surface area contributed by atoms with Gasteiger partial charge in [-0.25, -0.2) is 4.79 Å². The Hall–Kier alpha value is -1.78. The summed E-state index contributed by atoms with van der Waals surface area (Å²) in [4.78, 5) is 14.7. The Labute approximate surface area is 62.8 Å². The summed E-state index contributed by atoms with van der Waals surface area (Å²) in [6.45, 7) is 0. The molecule has 0 unspecified atom stereocenters. The van der Waals surface area contributed by atoms with Crippen molar-refractivity contribution in [1.29, 1.82) is 0 Å². The molecule has 1 aliphatic rings. The van der Waals surface area contributed by atoms with Gasteiger partial charge in [-0.15, -0.1) is 0 Å². The molecule has 0 aliphatic carbocycles. The van der Waals surface area contributed by atoms with Crippen LogP contribution in [0.25, 0.3) is 0 Å². The van der Waals surface area contributed by atoms with E-state index in [9.17, 15) is 4.79 Å². The van der Waals surface area contributed by atoms with Gasteiger partial charge in [-0.2, -0.15) is 0 Å². The molecule has 11 heavy (non-hydrogen) atoms. The molecule has 5 heteroatoms. The summed E-state index contributed by atoms with van der Waals surface area (Å²) < 4.78 is 4.41. The van der Waals surface area contributed by atoms with E-state index in [1.807, 2.05) is 0 Å². The smallest absolute Gasteiger partial charge is 0.388 e. The van der Waals surface area contributed by atoms with Crippen LogP contribution in [0.1, 0.15) is 0 Å². The minimum absolute atomic E-state index is 0.0301. The van der Waals surface area contributed by atoms with Crippen molar-refractivity contribution in [3.63, 3.8) is 0 Å². The lowest BCUT2D eigenvalue weighted by Crippen LogP contribution is -2.17. The topological polar surface area (TPSA) is 73.9 Å². The summed E-state index contributed by atoms with van der Waals surface area (Å²) in [5.41, 5.74) is 4.72. The highest BCUT2D eigenvalue weighted by molar-refractivity contribution is 5.95. The first kappa shape index (κ1) is 7.33. The van der Waals surface area contributed by atoms with Crippen LogP contribution in [0.5, 0.6) is 0 Å². The molecule has 1 amide bonds. The number of nitrogens with zero attached hydrogens (tertiary/aromatic N) is 1. The minimum atomic E-state index is -0.918. The molecule has 0 radical (unpaired) electrons. The van der Waals surface area contributed by atoms with E-state index in [0.29, 0.717) is 0 Å². The van der Waals surface area contributed by atoms with E-state index < -0.39 is 6.09 Å². The second kappa shape index (κ2) is 3.40. The van der Waals surface area contributed by atoms with Crippen molar-refractivity contribution in [2.75, 3.05) is 0 Å². The van der Waals surface area contributed by atoms with Gasteiger partial charge in [0.2, 0.25) is 0 Å². The lowest BCUT2D eigenvalue weighted by molar-refractivity contribution is 0.200. The summed E-state index contributed by atoms with van der Waals surface area (Å²) in [6.07, 6.45) is 5.08. The molecule has 0 spiro atoms. The Morgan fingerprint density at radius 2 is 2.45 bits per heavy atom. The third-order valence-electron chi connectivity index (χ3n) is 0.837. The zero-order chi connectivity index (χ0) is 8.10. The predicted molar refractivity (Wildman–Crippen MR) is 37.5 cm³/mol. The first-order chi connectivity index (χ1) is 5.29. The lowest BCUT2D eigenvalue weighted by Gasteiger charge is -1.95. The molecule has 1 aliphatic heterocycles. The first-order valence-corrected chi connectivity index (χ1v) is 2.83. The molecule has 1 rings (SSSR count). The average Bonchev–Trinajstić information content (AvgIpc) is 2.14. The molecule has 0 bridgehead atoms. The maximum atomic E-state index is 10.2. The second-order valence-electron chi connectivity index (χ2n) is 1.64. The fraction of sp³-hybridized carbons (Fsp3) is 0. The van der Waals surface area contributed by atoms with E-state index in [0.717, 1.165) is 0 Å². The van der Waals surface area contributed by atoms with Crippen LogP contribution in [-0.2, 0) is 9.57 Å². The van der Waals surface area contributed by atoms with E-state index >= 15 is 0 Å². The van der Waals surface area contributed by atoms with Crippen molar-refractivity contribution in [3.8, 4) is 0 Å². The summed E-state index contributed by atoms with van der Waals surface area (Å²) in [6, 6.07) is 0. The van der Waals surface area contributed by atoms with Crippen LogP contribution in [-0.4, -0.2) is 12.0 Å². The van der Waals surface area contributed by atoms with Gasteiger partial charge < -0.3 is 15.3 Å². The fourth-order valence-electron chi connectivity index (χ4n) is 0.487. The maximum absolute atomic E-state index is 10.2. The molecule has 0 aromatic heterocycles. The van der Waals surface area contributed by atoms with E-state index in [1.54, 1.807) is 12.2 Å². The molecule has 0 saturated carbocycles. The molecule has 0 fully saturated rings. The molecular formula is C6H6N2O3. The van der Waals surface area contributed by atoms with Gasteiger partial charge in [-0.05, 0) is 11.2 Å². The van der Waals surface area contributed by atoms with Crippen LogP contribution in [0.3, 0.4) is 0 Å². The SMILES string of the molecule is NC(=O)OC1=NOC=CC=C1. The second-order valence-corrected chi connectivity index (χ2v) is 1.64. The van der Waals surface area contributed by atoms with Crippen molar-refractivity contribution in [2.45, 2.75) is 0 Å². The van der Waals surface area contributed by atoms with Crippen LogP contribution in [0.15, 0.2) is 29.6 Å². The van der Waals surface area contributed by atoms with Gasteiger partial charge in [-0.1, -0.05) is 6.08 Å². The molecule has 2 N–H and O–H groups in total. The quantitative estimate of drug-likeness (QED) is 0.551. The number of carbonyl (C=O) groups excluding carboxylic acids is 1. The van der Waals surface area contributed by atoms with Crippen LogP contribution < -0.4 is 5.73 Å². The number of nitrogens with two attached hydrogens (primary N) is 1. The van der Waals surface area contributed by atoms with Gasteiger partial charge in [0, 0.05) is 6.08 Å². The zero-order valence-corrected chi connectivity index (χ0v) is 5.56. The normalized spacial score (nSPS) is 14.7. The highest BCUT2D eigenvalue weighted by Crippen LogP contribution is 1.94. The van der Waals surface area contributed by atoms with Crippen molar-refractivity contribution in [1.82, 2.24) is 0 Å². The maximum Gasteiger partial charge on any atom is 0.411 e. The van der Waals surface area contributed by atoms with Gasteiger partial charge in [0.05, 0.1) is 0 Å². The van der Waals surface area contributed by atoms with Gasteiger partial charge >= 0.3 is 6.09 Å². The summed E-state index contributed by atoms with van der Waals surface area (Å²) in [5, 5.41) is 3.38. The lowest BCUT2D eigenvalue weighted by atomic mass is 10.5. The minimum Gasteiger partial charge on any atom is -0.388 e. The number of amides is 1. The Kier molecular flexibility index (Phi) is 2.27. The van der Waals surface area contributed by atoms with Crippen molar-refractivity contribution >= 4 is 12.0 Å². The molecule has 0 atom stereocenters. The van der Waals surface area contributed by atoms with Gasteiger partial charge in [0.25, 0.3) is 5.90 Å². The third-order valence-corrected chi connectivity index (χ3v) is 0.837. The van der Waals surface area contributed by atoms with Crippen molar-refractivity contribution in [2.24, 2.45) is 10.9 Å². The molecule has 58 valence electrons. The predicted octanol–water partition coefficient (Wildman–Crippen LogP) is 0.495. The van der Waals surface area contributed by atoms with Crippen molar-refractivity contribution < 1.29 is 14.4 Å². The van der Waals surface area contributed by atoms with E-state index in [4.69, 9.17) is 5.73 Å². The summed E-state index contributed by atoms with van der Waals surface area (Å²) >= 11 is 0. The fourth-order valence-corrected chi connectivity index (χ4v) is 0.487. The standard InChI is InChI=1S/C6H6N2O3/c7-6(9)11-5-3-1-2-4-10-8-5/h1-4H,(H2,7,9). The summed E-state index contributed by atoms with van der Waals surface area (Å²) in [7, 11) is 0. The Bertz CT molecular complexity index is 242. The van der Waals surface area contributed by atoms with Crippen LogP contribution >= 0.6 is 0 Å². The number of ether oxygens (including phenoxy) is 1. The molecule has 5 nitrogen and oxygen atoms in total. The van der Waals surface area contributed by atoms with E-state index in [2.05, 4.69) is 14.7 Å². The monoisotopic (exact) mass is 154 g/mol. The largest absolute Gasteiger partial charge is 0.411 e. The Morgan fingerprint density at radius 1 is 1.64 bits per heavy atom. The van der Waals surface area contributed by atoms with Crippen LogP contribution in [0, 0.1) is 0 Å². The average molecular weight is 154 g/mol. The number of oxime groups is 1. The molecular weight excluding hydrogens is 148 g/mol. The van der Waals surface area contributed by atoms with E-state index in [-0.39, 0.29) is 5.90 Å². The number of hydrogen-bond acceptors (Lipinski definition) is 4. The zero-order valence-electron chi connectivity index (χ0n) is 5.56. The number of hydrogen-bond donors (Lipinski definition) is 1. The van der Waals surface area contributed by atoms with Gasteiger partial charge in [-0.3, -0.25) is 0 Å². The number of carbonyl (C=O) groups is 1. The van der Waals surface area contributed by atoms with E-state index in [1.165, 1.54) is 12.3 Å². The molecule has 0 saturated heterocycles. The Balaban J connectivity index is 2.58. The summed E-state index contributed by atoms with van der Waals surface area (Å²) in [5.74, 6) is 0.0301. The highest BCUT2D eigenvalue weighted by atomic mass is 16.7. The third kappa shape index (κ3) is 2.53. The number of allylic oxidation sites excluding steroid dienone is 2. The van der Waals surface area contributed by atoms with Crippen LogP contribution in [0.4, 0.5) is 4.79 Å². The molecule has 0 aromatic carbocycles. The Morgan fingerprint density at radius 3 is 3.18 bits per heavy atom. The van der Waals surface area contributed by atoms with Gasteiger partial charge in [0.15, 0.2) is 0 Å². The molecule has 1 heterocycles. The number of primary amides is 1. The first-order valence-electron chi connectivity index (χ1n) is 2.83. The molecule has 0 aromatic rings.